The molecule has 2 fully saturated rings. The average molecular weight is 284 g/mol. The summed E-state index contributed by atoms with van der Waals surface area (Å²) in [7, 11) is 0. The molecule has 2 nitrogen and oxygen atoms in total. The third-order valence-corrected chi connectivity index (χ3v) is 5.44. The molecule has 0 bridgehead atoms. The van der Waals surface area contributed by atoms with Gasteiger partial charge >= 0.3 is 0 Å². The van der Waals surface area contributed by atoms with Crippen LogP contribution in [0.25, 0.3) is 0 Å². The fourth-order valence-electron chi connectivity index (χ4n) is 3.76. The molecule has 0 spiro atoms. The summed E-state index contributed by atoms with van der Waals surface area (Å²) in [6.07, 6.45) is 7.35. The van der Waals surface area contributed by atoms with Gasteiger partial charge in [-0.2, -0.15) is 5.26 Å². The quantitative estimate of drug-likeness (QED) is 0.830. The Kier molecular flexibility index (Phi) is 5.01. The molecule has 0 unspecified atom stereocenters. The maximum atomic E-state index is 13.1. The van der Waals surface area contributed by atoms with Gasteiger partial charge in [0, 0.05) is 31.3 Å². The molecule has 1 N–H and O–H groups in total. The standard InChI is InChI=1S/C16H26F2N2/c1-2-15(11-12-19)7-3-13(4-8-15)20-14-5-9-16(17,18)10-6-14/h13-14,20H,2-11H2,1H3. The van der Waals surface area contributed by atoms with Crippen LogP contribution in [0, 0.1) is 16.7 Å². The SMILES string of the molecule is CCC1(CC#N)CCC(NC2CCC(F)(F)CC2)CC1. The lowest BCUT2D eigenvalue weighted by Gasteiger charge is -2.40. The highest BCUT2D eigenvalue weighted by Gasteiger charge is 2.37. The largest absolute Gasteiger partial charge is 0.311 e. The Bertz CT molecular complexity index is 344. The van der Waals surface area contributed by atoms with Crippen molar-refractivity contribution < 1.29 is 8.78 Å². The number of nitriles is 1. The van der Waals surface area contributed by atoms with Crippen LogP contribution in [-0.4, -0.2) is 18.0 Å². The van der Waals surface area contributed by atoms with Crippen LogP contribution in [0.2, 0.25) is 0 Å². The smallest absolute Gasteiger partial charge is 0.248 e. The van der Waals surface area contributed by atoms with Gasteiger partial charge in [-0.25, -0.2) is 8.78 Å². The minimum absolute atomic E-state index is 0.0325. The molecular formula is C16H26F2N2. The number of hydrogen-bond donors (Lipinski definition) is 1. The van der Waals surface area contributed by atoms with Crippen molar-refractivity contribution in [1.29, 1.82) is 5.26 Å². The van der Waals surface area contributed by atoms with Gasteiger partial charge in [0.15, 0.2) is 0 Å². The van der Waals surface area contributed by atoms with E-state index in [-0.39, 0.29) is 24.3 Å². The van der Waals surface area contributed by atoms with E-state index in [0.717, 1.165) is 32.1 Å². The Balaban J connectivity index is 1.76. The van der Waals surface area contributed by atoms with Crippen LogP contribution in [-0.2, 0) is 0 Å². The lowest BCUT2D eigenvalue weighted by molar-refractivity contribution is -0.0419. The zero-order chi connectivity index (χ0) is 14.6. The van der Waals surface area contributed by atoms with Gasteiger partial charge in [-0.05, 0) is 50.4 Å². The van der Waals surface area contributed by atoms with Gasteiger partial charge in [-0.15, -0.1) is 0 Å². The number of nitrogens with one attached hydrogen (secondary N) is 1. The van der Waals surface area contributed by atoms with Crippen molar-refractivity contribution in [2.45, 2.75) is 89.1 Å². The highest BCUT2D eigenvalue weighted by Crippen LogP contribution is 2.42. The maximum absolute atomic E-state index is 13.1. The molecule has 2 rings (SSSR count). The van der Waals surface area contributed by atoms with Crippen molar-refractivity contribution in [3.05, 3.63) is 0 Å². The minimum atomic E-state index is -2.44. The molecule has 0 aromatic heterocycles. The normalized spacial score (nSPS) is 34.6. The molecule has 2 saturated carbocycles. The van der Waals surface area contributed by atoms with Crippen molar-refractivity contribution in [3.63, 3.8) is 0 Å². The van der Waals surface area contributed by atoms with Crippen molar-refractivity contribution in [1.82, 2.24) is 5.32 Å². The first kappa shape index (κ1) is 15.7. The summed E-state index contributed by atoms with van der Waals surface area (Å²) in [4.78, 5) is 0. The Hall–Kier alpha value is -0.690. The van der Waals surface area contributed by atoms with Gasteiger partial charge in [0.1, 0.15) is 0 Å². The molecule has 0 aliphatic heterocycles. The first-order valence-corrected chi connectivity index (χ1v) is 7.99. The second kappa shape index (κ2) is 6.39. The van der Waals surface area contributed by atoms with E-state index in [1.54, 1.807) is 0 Å². The zero-order valence-electron chi connectivity index (χ0n) is 12.4. The maximum Gasteiger partial charge on any atom is 0.248 e. The molecule has 2 aliphatic rings. The van der Waals surface area contributed by atoms with Crippen molar-refractivity contribution >= 4 is 0 Å². The van der Waals surface area contributed by atoms with Gasteiger partial charge in [0.2, 0.25) is 5.92 Å². The van der Waals surface area contributed by atoms with Gasteiger partial charge in [-0.1, -0.05) is 6.92 Å². The van der Waals surface area contributed by atoms with Crippen LogP contribution in [0.1, 0.15) is 71.1 Å². The van der Waals surface area contributed by atoms with Crippen LogP contribution in [0.4, 0.5) is 8.78 Å². The fourth-order valence-corrected chi connectivity index (χ4v) is 3.76. The fraction of sp³-hybridized carbons (Fsp3) is 0.938. The number of halogens is 2. The summed E-state index contributed by atoms with van der Waals surface area (Å²) < 4.78 is 26.3. The molecule has 0 atom stereocenters. The Labute approximate surface area is 120 Å². The van der Waals surface area contributed by atoms with Crippen LogP contribution >= 0.6 is 0 Å². The molecule has 2 aliphatic carbocycles. The van der Waals surface area contributed by atoms with Gasteiger partial charge in [0.25, 0.3) is 0 Å². The molecule has 4 heteroatoms. The monoisotopic (exact) mass is 284 g/mol. The van der Waals surface area contributed by atoms with E-state index in [4.69, 9.17) is 5.26 Å². The van der Waals surface area contributed by atoms with E-state index in [0.29, 0.717) is 25.3 Å². The Morgan fingerprint density at radius 3 is 2.00 bits per heavy atom. The minimum Gasteiger partial charge on any atom is -0.311 e. The molecular weight excluding hydrogens is 258 g/mol. The van der Waals surface area contributed by atoms with Crippen molar-refractivity contribution in [2.75, 3.05) is 0 Å². The average Bonchev–Trinajstić information content (AvgIpc) is 2.44. The Morgan fingerprint density at radius 2 is 1.55 bits per heavy atom. The molecule has 0 amide bonds. The van der Waals surface area contributed by atoms with E-state index in [2.05, 4.69) is 18.3 Å². The van der Waals surface area contributed by atoms with E-state index in [1.807, 2.05) is 0 Å². The summed E-state index contributed by atoms with van der Waals surface area (Å²) in [5, 5.41) is 12.5. The summed E-state index contributed by atoms with van der Waals surface area (Å²) in [6.45, 7) is 2.17. The third kappa shape index (κ3) is 3.91. The molecule has 0 aromatic carbocycles. The predicted molar refractivity (Wildman–Crippen MR) is 75.5 cm³/mol. The first-order valence-electron chi connectivity index (χ1n) is 7.99. The van der Waals surface area contributed by atoms with Crippen LogP contribution in [0.15, 0.2) is 0 Å². The second-order valence-electron chi connectivity index (χ2n) is 6.76. The van der Waals surface area contributed by atoms with Gasteiger partial charge < -0.3 is 5.32 Å². The first-order chi connectivity index (χ1) is 9.49. The van der Waals surface area contributed by atoms with Crippen LogP contribution in [0.5, 0.6) is 0 Å². The molecule has 0 heterocycles. The van der Waals surface area contributed by atoms with E-state index < -0.39 is 5.92 Å². The lowest BCUT2D eigenvalue weighted by Crippen LogP contribution is -2.45. The number of alkyl halides is 2. The molecule has 0 aromatic rings. The summed E-state index contributed by atoms with van der Waals surface area (Å²) >= 11 is 0. The summed E-state index contributed by atoms with van der Waals surface area (Å²) in [5.74, 6) is -2.44. The third-order valence-electron chi connectivity index (χ3n) is 5.44. The number of nitrogens with zero attached hydrogens (tertiary/aromatic N) is 1. The number of rotatable bonds is 4. The highest BCUT2D eigenvalue weighted by molar-refractivity contribution is 4.94. The van der Waals surface area contributed by atoms with E-state index in [9.17, 15) is 8.78 Å². The van der Waals surface area contributed by atoms with Crippen LogP contribution in [0.3, 0.4) is 0 Å². The molecule has 0 radical (unpaired) electrons. The van der Waals surface area contributed by atoms with Crippen molar-refractivity contribution in [3.8, 4) is 6.07 Å². The second-order valence-corrected chi connectivity index (χ2v) is 6.76. The van der Waals surface area contributed by atoms with Crippen LogP contribution < -0.4 is 5.32 Å². The van der Waals surface area contributed by atoms with Gasteiger partial charge in [0.05, 0.1) is 6.07 Å². The van der Waals surface area contributed by atoms with E-state index >= 15 is 0 Å². The topological polar surface area (TPSA) is 35.8 Å². The summed E-state index contributed by atoms with van der Waals surface area (Å²) in [6, 6.07) is 3.06. The number of hydrogen-bond acceptors (Lipinski definition) is 2. The molecule has 114 valence electrons. The molecule has 20 heavy (non-hydrogen) atoms. The van der Waals surface area contributed by atoms with Crippen molar-refractivity contribution in [2.24, 2.45) is 5.41 Å². The molecule has 0 saturated heterocycles. The zero-order valence-corrected chi connectivity index (χ0v) is 12.4. The van der Waals surface area contributed by atoms with Gasteiger partial charge in [-0.3, -0.25) is 0 Å². The predicted octanol–water partition coefficient (Wildman–Crippen LogP) is 4.41. The highest BCUT2D eigenvalue weighted by atomic mass is 19.3. The lowest BCUT2D eigenvalue weighted by atomic mass is 9.69. The summed E-state index contributed by atoms with van der Waals surface area (Å²) in [5.41, 5.74) is 0.215. The van der Waals surface area contributed by atoms with E-state index in [1.165, 1.54) is 0 Å². The Morgan fingerprint density at radius 1 is 1.05 bits per heavy atom.